The summed E-state index contributed by atoms with van der Waals surface area (Å²) in [6.07, 6.45) is 3.47. The molecular weight excluding hydrogens is 190 g/mol. The standard InChI is InChI=1S/C10H13N5/c1-7-5-12-10(4-9(7)11)13-6-8-2-3-14-15-8/h2-5H,6H2,1H3,(H,14,15)(H3,11,12,13). The van der Waals surface area contributed by atoms with Crippen LogP contribution in [0, 0.1) is 6.92 Å². The van der Waals surface area contributed by atoms with Gasteiger partial charge in [0.1, 0.15) is 5.82 Å². The van der Waals surface area contributed by atoms with Gasteiger partial charge in [-0.05, 0) is 18.6 Å². The zero-order valence-electron chi connectivity index (χ0n) is 8.49. The van der Waals surface area contributed by atoms with Crippen molar-refractivity contribution in [2.45, 2.75) is 13.5 Å². The molecule has 5 nitrogen and oxygen atoms in total. The van der Waals surface area contributed by atoms with Crippen LogP contribution in [0.15, 0.2) is 24.5 Å². The van der Waals surface area contributed by atoms with Gasteiger partial charge in [-0.15, -0.1) is 0 Å². The van der Waals surface area contributed by atoms with Crippen molar-refractivity contribution in [1.82, 2.24) is 15.2 Å². The van der Waals surface area contributed by atoms with Gasteiger partial charge in [-0.1, -0.05) is 0 Å². The summed E-state index contributed by atoms with van der Waals surface area (Å²) in [6, 6.07) is 3.73. The lowest BCUT2D eigenvalue weighted by Gasteiger charge is -2.05. The zero-order valence-corrected chi connectivity index (χ0v) is 8.49. The molecule has 15 heavy (non-hydrogen) atoms. The van der Waals surface area contributed by atoms with Crippen molar-refractivity contribution in [3.63, 3.8) is 0 Å². The van der Waals surface area contributed by atoms with Gasteiger partial charge >= 0.3 is 0 Å². The fourth-order valence-electron chi connectivity index (χ4n) is 1.20. The molecule has 0 aliphatic carbocycles. The predicted molar refractivity (Wildman–Crippen MR) is 59.3 cm³/mol. The van der Waals surface area contributed by atoms with Crippen molar-refractivity contribution in [2.24, 2.45) is 0 Å². The van der Waals surface area contributed by atoms with Crippen LogP contribution in [-0.4, -0.2) is 15.2 Å². The van der Waals surface area contributed by atoms with Crippen molar-refractivity contribution in [3.05, 3.63) is 35.8 Å². The first-order valence-electron chi connectivity index (χ1n) is 4.70. The molecule has 2 aromatic heterocycles. The second-order valence-corrected chi connectivity index (χ2v) is 3.36. The summed E-state index contributed by atoms with van der Waals surface area (Å²) in [5.74, 6) is 0.771. The lowest BCUT2D eigenvalue weighted by Crippen LogP contribution is -2.03. The number of hydrogen-bond donors (Lipinski definition) is 3. The van der Waals surface area contributed by atoms with Crippen LogP contribution in [-0.2, 0) is 6.54 Å². The lowest BCUT2D eigenvalue weighted by molar-refractivity contribution is 0.974. The Bertz CT molecular complexity index is 435. The lowest BCUT2D eigenvalue weighted by atomic mass is 10.2. The minimum absolute atomic E-state index is 0.662. The van der Waals surface area contributed by atoms with Gasteiger partial charge in [-0.25, -0.2) is 4.98 Å². The topological polar surface area (TPSA) is 79.6 Å². The monoisotopic (exact) mass is 203 g/mol. The number of nitrogen functional groups attached to an aromatic ring is 1. The number of nitrogens with one attached hydrogen (secondary N) is 2. The molecule has 0 aromatic carbocycles. The Kier molecular flexibility index (Phi) is 2.53. The highest BCUT2D eigenvalue weighted by atomic mass is 15.1. The fraction of sp³-hybridized carbons (Fsp3) is 0.200. The van der Waals surface area contributed by atoms with E-state index in [0.717, 1.165) is 22.8 Å². The average molecular weight is 203 g/mol. The van der Waals surface area contributed by atoms with E-state index in [1.807, 2.05) is 19.1 Å². The molecule has 0 aliphatic rings. The Hall–Kier alpha value is -2.04. The van der Waals surface area contributed by atoms with Crippen LogP contribution in [0.1, 0.15) is 11.3 Å². The molecule has 2 rings (SSSR count). The summed E-state index contributed by atoms with van der Waals surface area (Å²) < 4.78 is 0. The molecule has 0 unspecified atom stereocenters. The molecule has 0 saturated carbocycles. The smallest absolute Gasteiger partial charge is 0.128 e. The average Bonchev–Trinajstić information content (AvgIpc) is 2.73. The zero-order chi connectivity index (χ0) is 10.7. The number of H-pyrrole nitrogens is 1. The summed E-state index contributed by atoms with van der Waals surface area (Å²) >= 11 is 0. The summed E-state index contributed by atoms with van der Waals surface area (Å²) in [4.78, 5) is 4.21. The third-order valence-electron chi connectivity index (χ3n) is 2.16. The maximum atomic E-state index is 5.77. The first-order valence-corrected chi connectivity index (χ1v) is 4.70. The number of aromatic nitrogens is 3. The maximum Gasteiger partial charge on any atom is 0.128 e. The van der Waals surface area contributed by atoms with Crippen LogP contribution < -0.4 is 11.1 Å². The quantitative estimate of drug-likeness (QED) is 0.702. The van der Waals surface area contributed by atoms with Crippen molar-refractivity contribution >= 4 is 11.5 Å². The largest absolute Gasteiger partial charge is 0.398 e. The highest BCUT2D eigenvalue weighted by Crippen LogP contribution is 2.13. The number of anilines is 2. The van der Waals surface area contributed by atoms with E-state index in [-0.39, 0.29) is 0 Å². The number of aryl methyl sites for hydroxylation is 1. The summed E-state index contributed by atoms with van der Waals surface area (Å²) in [7, 11) is 0. The molecule has 2 heterocycles. The van der Waals surface area contributed by atoms with Gasteiger partial charge in [0.2, 0.25) is 0 Å². The minimum Gasteiger partial charge on any atom is -0.398 e. The number of nitrogens with zero attached hydrogens (tertiary/aromatic N) is 2. The fourth-order valence-corrected chi connectivity index (χ4v) is 1.20. The summed E-state index contributed by atoms with van der Waals surface area (Å²) in [5, 5.41) is 9.87. The SMILES string of the molecule is Cc1cnc(NCc2ccn[nH]2)cc1N. The van der Waals surface area contributed by atoms with E-state index in [2.05, 4.69) is 20.5 Å². The van der Waals surface area contributed by atoms with Gasteiger partial charge in [-0.2, -0.15) is 5.10 Å². The molecule has 0 aliphatic heterocycles. The second kappa shape index (κ2) is 4.00. The number of rotatable bonds is 3. The van der Waals surface area contributed by atoms with E-state index in [4.69, 9.17) is 5.73 Å². The molecule has 5 heteroatoms. The van der Waals surface area contributed by atoms with Crippen LogP contribution in [0.25, 0.3) is 0 Å². The molecule has 0 saturated heterocycles. The Labute approximate surface area is 87.7 Å². The second-order valence-electron chi connectivity index (χ2n) is 3.36. The van der Waals surface area contributed by atoms with Crippen molar-refractivity contribution in [1.29, 1.82) is 0 Å². The van der Waals surface area contributed by atoms with E-state index >= 15 is 0 Å². The van der Waals surface area contributed by atoms with Crippen LogP contribution >= 0.6 is 0 Å². The third-order valence-corrected chi connectivity index (χ3v) is 2.16. The molecular formula is C10H13N5. The Balaban J connectivity index is 2.02. The van der Waals surface area contributed by atoms with E-state index < -0.39 is 0 Å². The Morgan fingerprint density at radius 1 is 1.53 bits per heavy atom. The normalized spacial score (nSPS) is 10.2. The number of hydrogen-bond acceptors (Lipinski definition) is 4. The molecule has 4 N–H and O–H groups in total. The van der Waals surface area contributed by atoms with Crippen LogP contribution in [0.3, 0.4) is 0 Å². The molecule has 0 radical (unpaired) electrons. The van der Waals surface area contributed by atoms with E-state index in [1.54, 1.807) is 12.4 Å². The number of aromatic amines is 1. The molecule has 2 aromatic rings. The van der Waals surface area contributed by atoms with Crippen molar-refractivity contribution in [3.8, 4) is 0 Å². The minimum atomic E-state index is 0.662. The molecule has 78 valence electrons. The third kappa shape index (κ3) is 2.25. The van der Waals surface area contributed by atoms with Crippen molar-refractivity contribution < 1.29 is 0 Å². The van der Waals surface area contributed by atoms with Gasteiger partial charge in [0.15, 0.2) is 0 Å². The van der Waals surface area contributed by atoms with E-state index in [9.17, 15) is 0 Å². The van der Waals surface area contributed by atoms with Gasteiger partial charge in [-0.3, -0.25) is 5.10 Å². The highest BCUT2D eigenvalue weighted by Gasteiger charge is 1.98. The highest BCUT2D eigenvalue weighted by molar-refractivity contribution is 5.53. The van der Waals surface area contributed by atoms with E-state index in [1.165, 1.54) is 0 Å². The predicted octanol–water partition coefficient (Wildman–Crippen LogP) is 1.31. The van der Waals surface area contributed by atoms with Gasteiger partial charge in [0.05, 0.1) is 12.2 Å². The first-order chi connectivity index (χ1) is 7.25. The van der Waals surface area contributed by atoms with Crippen LogP contribution in [0.5, 0.6) is 0 Å². The van der Waals surface area contributed by atoms with Gasteiger partial charge in [0, 0.05) is 24.1 Å². The van der Waals surface area contributed by atoms with Gasteiger partial charge < -0.3 is 11.1 Å². The summed E-state index contributed by atoms with van der Waals surface area (Å²) in [6.45, 7) is 2.59. The van der Waals surface area contributed by atoms with E-state index in [0.29, 0.717) is 6.54 Å². The molecule has 0 spiro atoms. The molecule has 0 atom stereocenters. The number of nitrogens with two attached hydrogens (primary N) is 1. The van der Waals surface area contributed by atoms with Gasteiger partial charge in [0.25, 0.3) is 0 Å². The summed E-state index contributed by atoms with van der Waals surface area (Å²) in [5.41, 5.74) is 8.51. The van der Waals surface area contributed by atoms with Crippen LogP contribution in [0.4, 0.5) is 11.5 Å². The Morgan fingerprint density at radius 3 is 3.07 bits per heavy atom. The Morgan fingerprint density at radius 2 is 2.40 bits per heavy atom. The van der Waals surface area contributed by atoms with Crippen LogP contribution in [0.2, 0.25) is 0 Å². The molecule has 0 bridgehead atoms. The first kappa shape index (κ1) is 9.51. The van der Waals surface area contributed by atoms with Crippen molar-refractivity contribution in [2.75, 3.05) is 11.1 Å². The maximum absolute atomic E-state index is 5.77. The number of pyridine rings is 1. The molecule has 0 amide bonds. The molecule has 0 fully saturated rings.